The van der Waals surface area contributed by atoms with Gasteiger partial charge < -0.3 is 14.6 Å². The van der Waals surface area contributed by atoms with Crippen LogP contribution in [0.2, 0.25) is 0 Å². The number of ketones is 1. The van der Waals surface area contributed by atoms with Crippen LogP contribution in [0.15, 0.2) is 42.5 Å². The van der Waals surface area contributed by atoms with Gasteiger partial charge in [0.05, 0.1) is 19.2 Å². The molecule has 1 unspecified atom stereocenters. The Bertz CT molecular complexity index is 1170. The Morgan fingerprint density at radius 3 is 2.40 bits per heavy atom. The van der Waals surface area contributed by atoms with Crippen LogP contribution in [0.3, 0.4) is 0 Å². The molecule has 3 aromatic rings. The van der Waals surface area contributed by atoms with Gasteiger partial charge in [0.2, 0.25) is 0 Å². The lowest BCUT2D eigenvalue weighted by Gasteiger charge is -2.17. The zero-order valence-corrected chi connectivity index (χ0v) is 21.8. The molecule has 1 N–H and O–H groups in total. The Labute approximate surface area is 210 Å². The second kappa shape index (κ2) is 12.0. The molecule has 35 heavy (non-hydrogen) atoms. The van der Waals surface area contributed by atoms with Crippen molar-refractivity contribution < 1.29 is 24.2 Å². The number of Topliss-reactive ketones (excluding diaryl/α,β-unsaturated/α-hetero) is 1. The first kappa shape index (κ1) is 26.4. The fourth-order valence-electron chi connectivity index (χ4n) is 3.82. The van der Waals surface area contributed by atoms with Crippen LogP contribution in [0.5, 0.6) is 11.5 Å². The molecule has 7 heteroatoms. The number of hydrogen-bond acceptors (Lipinski definition) is 6. The number of nitrogens with zero attached hydrogens (tertiary/aromatic N) is 1. The Morgan fingerprint density at radius 2 is 1.83 bits per heavy atom. The van der Waals surface area contributed by atoms with Gasteiger partial charge in [-0.05, 0) is 73.7 Å². The van der Waals surface area contributed by atoms with E-state index < -0.39 is 12.1 Å². The summed E-state index contributed by atoms with van der Waals surface area (Å²) in [5.74, 6) is 0.855. The number of carbonyl (C=O) groups is 2. The average Bonchev–Trinajstić information content (AvgIpc) is 3.27. The number of carbonyl (C=O) groups excluding carboxylic acids is 1. The number of aryl methyl sites for hydroxylation is 2. The second-order valence-corrected chi connectivity index (χ2v) is 9.94. The average molecular weight is 496 g/mol. The van der Waals surface area contributed by atoms with Gasteiger partial charge in [0.15, 0.2) is 5.78 Å². The van der Waals surface area contributed by atoms with Crippen molar-refractivity contribution in [3.63, 3.8) is 0 Å². The number of thiazole rings is 1. The third-order valence-corrected chi connectivity index (χ3v) is 7.02. The highest BCUT2D eigenvalue weighted by atomic mass is 32.1. The molecule has 0 radical (unpaired) electrons. The topological polar surface area (TPSA) is 85.7 Å². The van der Waals surface area contributed by atoms with E-state index >= 15 is 0 Å². The molecule has 6 nitrogen and oxygen atoms in total. The molecule has 0 fully saturated rings. The summed E-state index contributed by atoms with van der Waals surface area (Å²) in [7, 11) is 1.65. The minimum atomic E-state index is -0.889. The molecular formula is C28H33NO5S. The highest BCUT2D eigenvalue weighted by molar-refractivity contribution is 7.15. The van der Waals surface area contributed by atoms with E-state index in [0.717, 1.165) is 32.5 Å². The van der Waals surface area contributed by atoms with Gasteiger partial charge in [-0.15, -0.1) is 11.3 Å². The van der Waals surface area contributed by atoms with Crippen LogP contribution in [0, 0.1) is 6.92 Å². The van der Waals surface area contributed by atoms with E-state index in [-0.39, 0.29) is 18.1 Å². The van der Waals surface area contributed by atoms with Gasteiger partial charge in [0.1, 0.15) is 22.6 Å². The standard InChI is InChI=1S/C28H33NO5S/c1-6-21(16-26(31)32)34-24-13-9-20(15-18(24)4)23(30)12-14-25-27(17(2)3)29-28(35-25)19-7-10-22(33-5)11-8-19/h7-11,13,15,17,21H,6,12,14,16H2,1-5H3,(H,31,32). The van der Waals surface area contributed by atoms with E-state index in [2.05, 4.69) is 13.8 Å². The van der Waals surface area contributed by atoms with E-state index in [1.165, 1.54) is 0 Å². The van der Waals surface area contributed by atoms with Gasteiger partial charge in [-0.3, -0.25) is 9.59 Å². The normalized spacial score (nSPS) is 11.9. The summed E-state index contributed by atoms with van der Waals surface area (Å²) in [4.78, 5) is 30.0. The van der Waals surface area contributed by atoms with Crippen molar-refractivity contribution >= 4 is 23.1 Å². The number of methoxy groups -OCH3 is 1. The summed E-state index contributed by atoms with van der Waals surface area (Å²) in [6, 6.07) is 13.2. The van der Waals surface area contributed by atoms with E-state index in [1.54, 1.807) is 30.6 Å². The smallest absolute Gasteiger partial charge is 0.307 e. The van der Waals surface area contributed by atoms with E-state index in [1.807, 2.05) is 44.2 Å². The maximum Gasteiger partial charge on any atom is 0.307 e. The van der Waals surface area contributed by atoms with Gasteiger partial charge in [-0.25, -0.2) is 4.98 Å². The molecule has 0 bridgehead atoms. The first-order valence-corrected chi connectivity index (χ1v) is 12.7. The lowest BCUT2D eigenvalue weighted by atomic mass is 10.0. The van der Waals surface area contributed by atoms with Crippen LogP contribution in [0.25, 0.3) is 10.6 Å². The predicted octanol–water partition coefficient (Wildman–Crippen LogP) is 6.70. The van der Waals surface area contributed by atoms with Crippen LogP contribution < -0.4 is 9.47 Å². The molecule has 0 saturated carbocycles. The van der Waals surface area contributed by atoms with E-state index in [0.29, 0.717) is 30.6 Å². The molecule has 0 spiro atoms. The summed E-state index contributed by atoms with van der Waals surface area (Å²) >= 11 is 1.64. The number of hydrogen-bond donors (Lipinski definition) is 1. The van der Waals surface area contributed by atoms with Crippen molar-refractivity contribution in [1.82, 2.24) is 4.98 Å². The van der Waals surface area contributed by atoms with Crippen LogP contribution in [0.4, 0.5) is 0 Å². The summed E-state index contributed by atoms with van der Waals surface area (Å²) < 4.78 is 11.1. The monoisotopic (exact) mass is 495 g/mol. The van der Waals surface area contributed by atoms with Crippen LogP contribution in [-0.2, 0) is 11.2 Å². The number of aromatic nitrogens is 1. The Kier molecular flexibility index (Phi) is 9.04. The predicted molar refractivity (Wildman–Crippen MR) is 139 cm³/mol. The van der Waals surface area contributed by atoms with Crippen LogP contribution in [-0.4, -0.2) is 35.1 Å². The molecule has 3 rings (SSSR count). The molecule has 186 valence electrons. The molecular weight excluding hydrogens is 462 g/mol. The fraction of sp³-hybridized carbons (Fsp3) is 0.393. The van der Waals surface area contributed by atoms with Gasteiger partial charge in [-0.1, -0.05) is 20.8 Å². The van der Waals surface area contributed by atoms with Gasteiger partial charge in [0, 0.05) is 22.4 Å². The van der Waals surface area contributed by atoms with Gasteiger partial charge >= 0.3 is 5.97 Å². The third kappa shape index (κ3) is 6.92. The van der Waals surface area contributed by atoms with Crippen molar-refractivity contribution in [2.45, 2.75) is 65.4 Å². The molecule has 0 saturated heterocycles. The number of carboxylic acid groups (broad SMARTS) is 1. The first-order valence-electron chi connectivity index (χ1n) is 11.9. The summed E-state index contributed by atoms with van der Waals surface area (Å²) in [6.07, 6.45) is 1.17. The van der Waals surface area contributed by atoms with Crippen molar-refractivity contribution in [1.29, 1.82) is 0 Å². The number of ether oxygens (including phenoxy) is 2. The Hall–Kier alpha value is -3.19. The first-order chi connectivity index (χ1) is 16.7. The third-order valence-electron chi connectivity index (χ3n) is 5.84. The maximum atomic E-state index is 13.0. The highest BCUT2D eigenvalue weighted by Gasteiger charge is 2.18. The van der Waals surface area contributed by atoms with Crippen molar-refractivity contribution in [2.24, 2.45) is 0 Å². The second-order valence-electron chi connectivity index (χ2n) is 8.86. The zero-order valence-electron chi connectivity index (χ0n) is 21.0. The maximum absolute atomic E-state index is 13.0. The fourth-order valence-corrected chi connectivity index (χ4v) is 5.04. The molecule has 0 aliphatic carbocycles. The number of carboxylic acids is 1. The van der Waals surface area contributed by atoms with E-state index in [9.17, 15) is 9.59 Å². The summed E-state index contributed by atoms with van der Waals surface area (Å²) in [5, 5.41) is 9.99. The quantitative estimate of drug-likeness (QED) is 0.282. The minimum Gasteiger partial charge on any atom is -0.497 e. The Balaban J connectivity index is 1.71. The Morgan fingerprint density at radius 1 is 1.11 bits per heavy atom. The minimum absolute atomic E-state index is 0.0534. The molecule has 0 aliphatic heterocycles. The number of aliphatic carboxylic acids is 1. The van der Waals surface area contributed by atoms with Crippen LogP contribution >= 0.6 is 11.3 Å². The molecule has 1 heterocycles. The van der Waals surface area contributed by atoms with Crippen molar-refractivity contribution in [2.75, 3.05) is 7.11 Å². The molecule has 0 amide bonds. The zero-order chi connectivity index (χ0) is 25.5. The number of rotatable bonds is 12. The van der Waals surface area contributed by atoms with Gasteiger partial charge in [0.25, 0.3) is 0 Å². The number of benzene rings is 2. The lowest BCUT2D eigenvalue weighted by molar-refractivity contribution is -0.138. The SMILES string of the molecule is CCC(CC(=O)O)Oc1ccc(C(=O)CCc2sc(-c3ccc(OC)cc3)nc2C(C)C)cc1C. The van der Waals surface area contributed by atoms with Crippen LogP contribution in [0.1, 0.15) is 72.4 Å². The summed E-state index contributed by atoms with van der Waals surface area (Å²) in [6.45, 7) is 8.01. The van der Waals surface area contributed by atoms with Gasteiger partial charge in [-0.2, -0.15) is 0 Å². The molecule has 1 aromatic heterocycles. The highest BCUT2D eigenvalue weighted by Crippen LogP contribution is 2.33. The largest absolute Gasteiger partial charge is 0.497 e. The molecule has 0 aliphatic rings. The molecule has 1 atom stereocenters. The lowest BCUT2D eigenvalue weighted by Crippen LogP contribution is -2.20. The van der Waals surface area contributed by atoms with Crippen molar-refractivity contribution in [3.8, 4) is 22.1 Å². The molecule has 2 aromatic carbocycles. The van der Waals surface area contributed by atoms with Crippen molar-refractivity contribution in [3.05, 3.63) is 64.2 Å². The summed E-state index contributed by atoms with van der Waals surface area (Å²) in [5.41, 5.74) is 3.53. The van der Waals surface area contributed by atoms with E-state index in [4.69, 9.17) is 19.6 Å².